The van der Waals surface area contributed by atoms with Crippen molar-refractivity contribution in [3.63, 3.8) is 0 Å². The summed E-state index contributed by atoms with van der Waals surface area (Å²) < 4.78 is 0. The molecule has 0 aromatic carbocycles. The molecule has 1 heterocycles. The smallest absolute Gasteiger partial charge is 0.179 e. The molecule has 0 saturated heterocycles. The van der Waals surface area contributed by atoms with Gasteiger partial charge in [0.15, 0.2) is 5.51 Å². The highest BCUT2D eigenvalue weighted by Gasteiger charge is 2.14. The fraction of sp³-hybridized carbons (Fsp3) is 0.600. The number of aromatic nitrogens is 2. The molecule has 0 fully saturated rings. The lowest BCUT2D eigenvalue weighted by molar-refractivity contribution is -0.702. The van der Waals surface area contributed by atoms with Crippen LogP contribution in [0.15, 0.2) is 5.51 Å². The molecule has 0 saturated carbocycles. The Morgan fingerprint density at radius 2 is 2.44 bits per heavy atom. The highest BCUT2D eigenvalue weighted by Crippen LogP contribution is 2.11. The van der Waals surface area contributed by atoms with Crippen LogP contribution in [0, 0.1) is 0 Å². The second kappa shape index (κ2) is 2.31. The van der Waals surface area contributed by atoms with Gasteiger partial charge in [-0.2, -0.15) is 5.84 Å². The molecule has 0 spiro atoms. The Balaban J connectivity index is 2.94. The molecule has 0 amide bonds. The van der Waals surface area contributed by atoms with Crippen LogP contribution < -0.4 is 10.6 Å². The van der Waals surface area contributed by atoms with Crippen molar-refractivity contribution < 1.29 is 4.79 Å². The van der Waals surface area contributed by atoms with E-state index in [9.17, 15) is 0 Å². The molecule has 0 bridgehead atoms. The van der Waals surface area contributed by atoms with Gasteiger partial charge in [0.05, 0.1) is 5.92 Å². The summed E-state index contributed by atoms with van der Waals surface area (Å²) in [4.78, 5) is 1.43. The molecule has 0 radical (unpaired) electrons. The molecule has 1 rings (SSSR count). The number of nitrogen functional groups attached to an aromatic ring is 1. The van der Waals surface area contributed by atoms with E-state index in [-0.39, 0.29) is 0 Å². The van der Waals surface area contributed by atoms with Gasteiger partial charge >= 0.3 is 0 Å². The molecule has 2 N–H and O–H groups in total. The molecular weight excluding hydrogens is 134 g/mol. The molecule has 0 aliphatic heterocycles. The van der Waals surface area contributed by atoms with Crippen molar-refractivity contribution >= 4 is 11.3 Å². The zero-order chi connectivity index (χ0) is 6.85. The summed E-state index contributed by atoms with van der Waals surface area (Å²) in [6.45, 7) is 4.19. The van der Waals surface area contributed by atoms with Gasteiger partial charge in [-0.1, -0.05) is 13.8 Å². The number of nitrogens with zero attached hydrogens (tertiary/aromatic N) is 2. The van der Waals surface area contributed by atoms with Gasteiger partial charge < -0.3 is 0 Å². The number of hydrogen-bond acceptors (Lipinski definition) is 3. The first-order valence-corrected chi connectivity index (χ1v) is 3.70. The number of nitrogens with two attached hydrogens (primary N) is 1. The lowest BCUT2D eigenvalue weighted by Crippen LogP contribution is -2.49. The monoisotopic (exact) mass is 144 g/mol. The van der Waals surface area contributed by atoms with Gasteiger partial charge in [-0.25, -0.2) is 0 Å². The minimum absolute atomic E-state index is 0.475. The van der Waals surface area contributed by atoms with E-state index in [1.165, 1.54) is 4.79 Å². The summed E-state index contributed by atoms with van der Waals surface area (Å²) >= 11 is 1.58. The van der Waals surface area contributed by atoms with Crippen LogP contribution in [0.3, 0.4) is 0 Å². The van der Waals surface area contributed by atoms with E-state index in [1.54, 1.807) is 16.8 Å². The van der Waals surface area contributed by atoms with E-state index in [0.29, 0.717) is 5.92 Å². The van der Waals surface area contributed by atoms with Crippen molar-refractivity contribution in [1.29, 1.82) is 0 Å². The second-order valence-corrected chi connectivity index (χ2v) is 3.04. The van der Waals surface area contributed by atoms with Gasteiger partial charge in [-0.15, -0.1) is 0 Å². The van der Waals surface area contributed by atoms with Crippen molar-refractivity contribution in [3.8, 4) is 0 Å². The van der Waals surface area contributed by atoms with Gasteiger partial charge in [-0.3, -0.25) is 0 Å². The first kappa shape index (κ1) is 6.48. The number of rotatable bonds is 1. The summed E-state index contributed by atoms with van der Waals surface area (Å²) in [7, 11) is 0. The maximum atomic E-state index is 5.46. The topological polar surface area (TPSA) is 42.8 Å². The predicted octanol–water partition coefficient (Wildman–Crippen LogP) is 0.268. The van der Waals surface area contributed by atoms with Gasteiger partial charge in [0.1, 0.15) is 0 Å². The predicted molar refractivity (Wildman–Crippen MR) is 36.5 cm³/mol. The fourth-order valence-electron chi connectivity index (χ4n) is 0.640. The molecule has 50 valence electrons. The van der Waals surface area contributed by atoms with Crippen molar-refractivity contribution in [2.75, 3.05) is 5.84 Å². The van der Waals surface area contributed by atoms with E-state index < -0.39 is 0 Å². The zero-order valence-corrected chi connectivity index (χ0v) is 6.35. The van der Waals surface area contributed by atoms with Crippen LogP contribution in [0.2, 0.25) is 0 Å². The molecule has 1 aromatic heterocycles. The van der Waals surface area contributed by atoms with Crippen molar-refractivity contribution in [2.24, 2.45) is 0 Å². The molecule has 3 nitrogen and oxygen atoms in total. The lowest BCUT2D eigenvalue weighted by Gasteiger charge is -1.89. The van der Waals surface area contributed by atoms with Crippen LogP contribution in [0.5, 0.6) is 0 Å². The van der Waals surface area contributed by atoms with Gasteiger partial charge in [0.25, 0.3) is 5.01 Å². The minimum atomic E-state index is 0.475. The highest BCUT2D eigenvalue weighted by atomic mass is 32.1. The molecule has 4 heteroatoms. The number of hydrogen-bond donors (Lipinski definition) is 1. The maximum Gasteiger partial charge on any atom is 0.300 e. The summed E-state index contributed by atoms with van der Waals surface area (Å²) in [6, 6.07) is 0. The molecule has 9 heavy (non-hydrogen) atoms. The second-order valence-electron chi connectivity index (χ2n) is 2.18. The van der Waals surface area contributed by atoms with Gasteiger partial charge in [0.2, 0.25) is 0 Å². The quantitative estimate of drug-likeness (QED) is 0.454. The average Bonchev–Trinajstić information content (AvgIpc) is 2.13. The highest BCUT2D eigenvalue weighted by molar-refractivity contribution is 7.09. The molecule has 0 aliphatic carbocycles. The van der Waals surface area contributed by atoms with Crippen molar-refractivity contribution in [2.45, 2.75) is 19.8 Å². The standard InChI is InChI=1S/C5H10N3S/c1-4(2)5-8(6)7-3-9-5/h3-4H,6H2,1-2H3/q+1. The van der Waals surface area contributed by atoms with Crippen molar-refractivity contribution in [3.05, 3.63) is 10.5 Å². The third-order valence-corrected chi connectivity index (χ3v) is 2.16. The largest absolute Gasteiger partial charge is 0.300 e. The Morgan fingerprint density at radius 1 is 1.78 bits per heavy atom. The SMILES string of the molecule is CC(C)c1scn[n+]1N. The third-order valence-electron chi connectivity index (χ3n) is 1.06. The first-order valence-electron chi connectivity index (χ1n) is 2.82. The summed E-state index contributed by atoms with van der Waals surface area (Å²) in [5.41, 5.74) is 1.75. The molecule has 0 aliphatic rings. The summed E-state index contributed by atoms with van der Waals surface area (Å²) in [6.07, 6.45) is 0. The Hall–Kier alpha value is -0.640. The van der Waals surface area contributed by atoms with Crippen LogP contribution in [0.1, 0.15) is 24.8 Å². The summed E-state index contributed by atoms with van der Waals surface area (Å²) in [5.74, 6) is 5.93. The normalized spacial score (nSPS) is 10.6. The molecule has 0 unspecified atom stereocenters. The van der Waals surface area contributed by atoms with E-state index in [4.69, 9.17) is 5.84 Å². The van der Waals surface area contributed by atoms with Crippen LogP contribution in [0.4, 0.5) is 0 Å². The van der Waals surface area contributed by atoms with E-state index in [0.717, 1.165) is 5.01 Å². The van der Waals surface area contributed by atoms with Crippen LogP contribution in [-0.2, 0) is 0 Å². The van der Waals surface area contributed by atoms with Crippen LogP contribution in [0.25, 0.3) is 0 Å². The Kier molecular flexibility index (Phi) is 1.66. The van der Waals surface area contributed by atoms with Crippen molar-refractivity contribution in [1.82, 2.24) is 5.10 Å². The lowest BCUT2D eigenvalue weighted by atomic mass is 10.2. The van der Waals surface area contributed by atoms with E-state index in [1.807, 2.05) is 0 Å². The van der Waals surface area contributed by atoms with Gasteiger partial charge in [0, 0.05) is 9.89 Å². The minimum Gasteiger partial charge on any atom is -0.179 e. The van der Waals surface area contributed by atoms with E-state index >= 15 is 0 Å². The van der Waals surface area contributed by atoms with Crippen LogP contribution in [-0.4, -0.2) is 5.10 Å². The molecular formula is C5H10N3S+. The third kappa shape index (κ3) is 1.18. The summed E-state index contributed by atoms with van der Waals surface area (Å²) in [5, 5.41) is 4.96. The van der Waals surface area contributed by atoms with Crippen LogP contribution >= 0.6 is 11.3 Å². The molecule has 1 aromatic rings. The zero-order valence-electron chi connectivity index (χ0n) is 5.53. The maximum absolute atomic E-state index is 5.46. The first-order chi connectivity index (χ1) is 4.22. The Bertz CT molecular complexity index is 194. The Labute approximate surface area is 58.1 Å². The Morgan fingerprint density at radius 3 is 2.67 bits per heavy atom. The van der Waals surface area contributed by atoms with E-state index in [2.05, 4.69) is 18.9 Å². The molecule has 0 atom stereocenters. The van der Waals surface area contributed by atoms with Gasteiger partial charge in [-0.05, 0) is 11.3 Å². The fourth-order valence-corrected chi connectivity index (χ4v) is 1.32. The average molecular weight is 144 g/mol.